The molecule has 0 radical (unpaired) electrons. The molecule has 0 saturated carbocycles. The van der Waals surface area contributed by atoms with Gasteiger partial charge in [-0.05, 0) is 23.3 Å². The Bertz CT molecular complexity index is 809. The number of rotatable bonds is 5. The quantitative estimate of drug-likeness (QED) is 0.820. The summed E-state index contributed by atoms with van der Waals surface area (Å²) in [5.74, 6) is 3.64. The van der Waals surface area contributed by atoms with Crippen LogP contribution < -0.4 is 5.32 Å². The number of carboxylic acids is 1. The molecule has 6 heteroatoms. The van der Waals surface area contributed by atoms with Crippen molar-refractivity contribution in [1.29, 1.82) is 0 Å². The van der Waals surface area contributed by atoms with Gasteiger partial charge in [0.05, 0.1) is 13.0 Å². The minimum Gasteiger partial charge on any atom is -0.481 e. The van der Waals surface area contributed by atoms with E-state index in [0.717, 1.165) is 5.56 Å². The average molecular weight is 341 g/mol. The molecule has 128 valence electrons. The molecule has 2 N–H and O–H groups in total. The molecule has 25 heavy (non-hydrogen) atoms. The zero-order valence-corrected chi connectivity index (χ0v) is 13.3. The van der Waals surface area contributed by atoms with Crippen LogP contribution in [0.2, 0.25) is 0 Å². The fourth-order valence-electron chi connectivity index (χ4n) is 1.97. The maximum absolute atomic E-state index is 13.7. The summed E-state index contributed by atoms with van der Waals surface area (Å²) in [6.45, 7) is 0.211. The number of hydrogen-bond donors (Lipinski definition) is 2. The maximum atomic E-state index is 13.7. The number of aliphatic carboxylic acids is 1. The fraction of sp³-hybridized carbons (Fsp3) is 0.158. The lowest BCUT2D eigenvalue weighted by atomic mass is 10.1. The molecule has 2 aromatic carbocycles. The van der Waals surface area contributed by atoms with Crippen LogP contribution in [0.15, 0.2) is 48.5 Å². The Morgan fingerprint density at radius 1 is 1.16 bits per heavy atom. The van der Waals surface area contributed by atoms with Crippen LogP contribution in [-0.4, -0.2) is 23.7 Å². The highest BCUT2D eigenvalue weighted by molar-refractivity contribution is 5.70. The molecule has 0 fully saturated rings. The summed E-state index contributed by atoms with van der Waals surface area (Å²) in [6.07, 6.45) is -0.977. The van der Waals surface area contributed by atoms with Gasteiger partial charge in [0.15, 0.2) is 0 Å². The Hall–Kier alpha value is -3.33. The number of hydrogen-bond acceptors (Lipinski definition) is 3. The van der Waals surface area contributed by atoms with E-state index in [1.165, 1.54) is 18.2 Å². The van der Waals surface area contributed by atoms with Gasteiger partial charge < -0.3 is 15.2 Å². The second-order valence-corrected chi connectivity index (χ2v) is 5.09. The molecule has 1 amide bonds. The second kappa shape index (κ2) is 9.08. The van der Waals surface area contributed by atoms with Gasteiger partial charge in [-0.3, -0.25) is 4.79 Å². The average Bonchev–Trinajstić information content (AvgIpc) is 2.60. The van der Waals surface area contributed by atoms with Gasteiger partial charge in [0.2, 0.25) is 0 Å². The molecular weight excluding hydrogens is 325 g/mol. The normalized spacial score (nSPS) is 9.64. The lowest BCUT2D eigenvalue weighted by Gasteiger charge is -2.04. The van der Waals surface area contributed by atoms with E-state index in [2.05, 4.69) is 17.2 Å². The minimum atomic E-state index is -1.10. The first kappa shape index (κ1) is 18.0. The number of halogens is 1. The molecule has 0 spiro atoms. The van der Waals surface area contributed by atoms with Crippen LogP contribution in [0.5, 0.6) is 0 Å². The summed E-state index contributed by atoms with van der Waals surface area (Å²) in [5.41, 5.74) is 1.37. The van der Waals surface area contributed by atoms with E-state index >= 15 is 0 Å². The van der Waals surface area contributed by atoms with Crippen molar-refractivity contribution in [3.05, 3.63) is 71.0 Å². The number of ether oxygens (including phenoxy) is 1. The summed E-state index contributed by atoms with van der Waals surface area (Å²) in [4.78, 5) is 22.1. The molecule has 0 bridgehead atoms. The highest BCUT2D eigenvalue weighted by atomic mass is 19.1. The molecule has 0 aliphatic carbocycles. The first-order chi connectivity index (χ1) is 12.0. The van der Waals surface area contributed by atoms with Crippen molar-refractivity contribution in [2.24, 2.45) is 0 Å². The van der Waals surface area contributed by atoms with Crippen molar-refractivity contribution >= 4 is 12.1 Å². The molecule has 0 aliphatic rings. The van der Waals surface area contributed by atoms with Gasteiger partial charge in [-0.25, -0.2) is 9.18 Å². The SMILES string of the molecule is O=C(O)Cc1ccc(C#CCNC(=O)OCc2ccccc2)cc1F. The van der Waals surface area contributed by atoms with Gasteiger partial charge in [0.1, 0.15) is 12.4 Å². The first-order valence-corrected chi connectivity index (χ1v) is 7.48. The van der Waals surface area contributed by atoms with E-state index in [-0.39, 0.29) is 25.1 Å². The van der Waals surface area contributed by atoms with Crippen LogP contribution >= 0.6 is 0 Å². The van der Waals surface area contributed by atoms with Crippen molar-refractivity contribution in [1.82, 2.24) is 5.32 Å². The molecule has 0 saturated heterocycles. The smallest absolute Gasteiger partial charge is 0.408 e. The predicted octanol–water partition coefficient (Wildman–Crippen LogP) is 2.73. The summed E-state index contributed by atoms with van der Waals surface area (Å²) < 4.78 is 18.7. The molecule has 2 rings (SSSR count). The van der Waals surface area contributed by atoms with Gasteiger partial charge in [-0.1, -0.05) is 48.2 Å². The monoisotopic (exact) mass is 341 g/mol. The van der Waals surface area contributed by atoms with Crippen LogP contribution in [-0.2, 0) is 22.6 Å². The van der Waals surface area contributed by atoms with Gasteiger partial charge >= 0.3 is 12.1 Å². The number of nitrogens with one attached hydrogen (secondary N) is 1. The molecule has 0 heterocycles. The molecule has 0 aromatic heterocycles. The fourth-order valence-corrected chi connectivity index (χ4v) is 1.97. The maximum Gasteiger partial charge on any atom is 0.408 e. The minimum absolute atomic E-state index is 0.0477. The van der Waals surface area contributed by atoms with Crippen LogP contribution in [0.1, 0.15) is 16.7 Å². The molecule has 0 unspecified atom stereocenters. The third kappa shape index (κ3) is 6.36. The topological polar surface area (TPSA) is 75.6 Å². The predicted molar refractivity (Wildman–Crippen MR) is 89.2 cm³/mol. The third-order valence-electron chi connectivity index (χ3n) is 3.16. The van der Waals surface area contributed by atoms with Crippen LogP contribution in [0.25, 0.3) is 0 Å². The van der Waals surface area contributed by atoms with Gasteiger partial charge in [0, 0.05) is 5.56 Å². The van der Waals surface area contributed by atoms with E-state index in [9.17, 15) is 14.0 Å². The van der Waals surface area contributed by atoms with Gasteiger partial charge in [-0.2, -0.15) is 0 Å². The highest BCUT2D eigenvalue weighted by Crippen LogP contribution is 2.10. The van der Waals surface area contributed by atoms with Gasteiger partial charge in [-0.15, -0.1) is 0 Å². The standard InChI is InChI=1S/C19H16FNO4/c20-17-11-14(8-9-16(17)12-18(22)23)7-4-10-21-19(24)25-13-15-5-2-1-3-6-15/h1-3,5-6,8-9,11H,10,12-13H2,(H,21,24)(H,22,23). The molecule has 0 aliphatic heterocycles. The lowest BCUT2D eigenvalue weighted by molar-refractivity contribution is -0.136. The van der Waals surface area contributed by atoms with E-state index < -0.39 is 17.9 Å². The number of carbonyl (C=O) groups excluding carboxylic acids is 1. The van der Waals surface area contributed by atoms with Crippen molar-refractivity contribution in [2.45, 2.75) is 13.0 Å². The number of carboxylic acid groups (broad SMARTS) is 1. The summed E-state index contributed by atoms with van der Waals surface area (Å²) in [5, 5.41) is 11.1. The zero-order valence-electron chi connectivity index (χ0n) is 13.3. The van der Waals surface area contributed by atoms with Crippen molar-refractivity contribution < 1.29 is 23.8 Å². The number of carbonyl (C=O) groups is 2. The van der Waals surface area contributed by atoms with Crippen LogP contribution in [0.3, 0.4) is 0 Å². The van der Waals surface area contributed by atoms with Crippen LogP contribution in [0, 0.1) is 17.7 Å². The van der Waals surface area contributed by atoms with Crippen molar-refractivity contribution in [3.63, 3.8) is 0 Å². The number of alkyl carbamates (subject to hydrolysis) is 1. The Kier molecular flexibility index (Phi) is 6.55. The van der Waals surface area contributed by atoms with Crippen molar-refractivity contribution in [2.75, 3.05) is 6.54 Å². The van der Waals surface area contributed by atoms with E-state index in [0.29, 0.717) is 5.56 Å². The van der Waals surface area contributed by atoms with Crippen LogP contribution in [0.4, 0.5) is 9.18 Å². The summed E-state index contributed by atoms with van der Waals surface area (Å²) >= 11 is 0. The van der Waals surface area contributed by atoms with Gasteiger partial charge in [0.25, 0.3) is 0 Å². The zero-order chi connectivity index (χ0) is 18.1. The van der Waals surface area contributed by atoms with E-state index in [4.69, 9.17) is 9.84 Å². The number of amides is 1. The molecule has 2 aromatic rings. The largest absolute Gasteiger partial charge is 0.481 e. The third-order valence-corrected chi connectivity index (χ3v) is 3.16. The molecule has 0 atom stereocenters. The Morgan fingerprint density at radius 2 is 1.92 bits per heavy atom. The van der Waals surface area contributed by atoms with E-state index in [1.807, 2.05) is 30.3 Å². The Labute approximate surface area is 144 Å². The molecule has 5 nitrogen and oxygen atoms in total. The Morgan fingerprint density at radius 3 is 2.60 bits per heavy atom. The summed E-state index contributed by atoms with van der Waals surface area (Å²) in [6, 6.07) is 13.3. The Balaban J connectivity index is 1.79. The highest BCUT2D eigenvalue weighted by Gasteiger charge is 2.06. The lowest BCUT2D eigenvalue weighted by Crippen LogP contribution is -2.24. The second-order valence-electron chi connectivity index (χ2n) is 5.09. The number of benzene rings is 2. The van der Waals surface area contributed by atoms with Crippen molar-refractivity contribution in [3.8, 4) is 11.8 Å². The first-order valence-electron chi connectivity index (χ1n) is 7.48. The summed E-state index contributed by atoms with van der Waals surface area (Å²) in [7, 11) is 0. The van der Waals surface area contributed by atoms with E-state index in [1.54, 1.807) is 0 Å². The molecular formula is C19H16FNO4.